The summed E-state index contributed by atoms with van der Waals surface area (Å²) in [6.45, 7) is 8.18. The summed E-state index contributed by atoms with van der Waals surface area (Å²) in [4.78, 5) is 9.87. The Bertz CT molecular complexity index is 139. The lowest BCUT2D eigenvalue weighted by atomic mass is 10.1. The Hall–Kier alpha value is -0.570. The SMILES string of the molecule is CCC(C)(C)N.CCCCCC(=O)O. The molecule has 0 radical (unpaired) electrons. The van der Waals surface area contributed by atoms with Crippen LogP contribution in [0.3, 0.4) is 0 Å². The van der Waals surface area contributed by atoms with Crippen LogP contribution in [-0.4, -0.2) is 16.6 Å². The second kappa shape index (κ2) is 9.00. The zero-order valence-electron chi connectivity index (χ0n) is 9.97. The molecule has 3 nitrogen and oxygen atoms in total. The fraction of sp³-hybridized carbons (Fsp3) is 0.909. The maximum atomic E-state index is 9.87. The molecule has 0 heterocycles. The van der Waals surface area contributed by atoms with Crippen molar-refractivity contribution in [3.8, 4) is 0 Å². The van der Waals surface area contributed by atoms with Gasteiger partial charge in [-0.2, -0.15) is 0 Å². The molecule has 0 aliphatic heterocycles. The summed E-state index contributed by atoms with van der Waals surface area (Å²) in [5.41, 5.74) is 5.58. The van der Waals surface area contributed by atoms with Gasteiger partial charge in [0.15, 0.2) is 0 Å². The number of nitrogens with two attached hydrogens (primary N) is 1. The largest absolute Gasteiger partial charge is 0.481 e. The molecule has 0 aliphatic rings. The molecule has 0 spiro atoms. The van der Waals surface area contributed by atoms with E-state index in [-0.39, 0.29) is 5.54 Å². The van der Waals surface area contributed by atoms with Crippen molar-refractivity contribution in [2.75, 3.05) is 0 Å². The fourth-order valence-electron chi connectivity index (χ4n) is 0.526. The highest BCUT2D eigenvalue weighted by Gasteiger charge is 2.03. The van der Waals surface area contributed by atoms with Crippen LogP contribution in [0.1, 0.15) is 59.8 Å². The van der Waals surface area contributed by atoms with Gasteiger partial charge in [-0.1, -0.05) is 26.7 Å². The van der Waals surface area contributed by atoms with Gasteiger partial charge in [0.25, 0.3) is 0 Å². The molecule has 14 heavy (non-hydrogen) atoms. The number of rotatable bonds is 5. The van der Waals surface area contributed by atoms with Crippen LogP contribution in [0.2, 0.25) is 0 Å². The van der Waals surface area contributed by atoms with E-state index in [0.717, 1.165) is 25.7 Å². The van der Waals surface area contributed by atoms with E-state index < -0.39 is 5.97 Å². The average Bonchev–Trinajstić information content (AvgIpc) is 2.04. The van der Waals surface area contributed by atoms with Gasteiger partial charge in [-0.25, -0.2) is 0 Å². The van der Waals surface area contributed by atoms with Crippen LogP contribution in [0.15, 0.2) is 0 Å². The Kier molecular flexibility index (Phi) is 10.2. The van der Waals surface area contributed by atoms with Crippen LogP contribution in [0, 0.1) is 0 Å². The van der Waals surface area contributed by atoms with Gasteiger partial charge in [-0.15, -0.1) is 0 Å². The first-order valence-corrected chi connectivity index (χ1v) is 5.34. The molecule has 0 saturated heterocycles. The Morgan fingerprint density at radius 3 is 1.93 bits per heavy atom. The number of hydrogen-bond acceptors (Lipinski definition) is 2. The summed E-state index contributed by atoms with van der Waals surface area (Å²) < 4.78 is 0. The topological polar surface area (TPSA) is 63.3 Å². The van der Waals surface area contributed by atoms with Gasteiger partial charge >= 0.3 is 5.97 Å². The minimum atomic E-state index is -0.682. The van der Waals surface area contributed by atoms with E-state index >= 15 is 0 Å². The molecule has 0 aliphatic carbocycles. The first kappa shape index (κ1) is 15.9. The lowest BCUT2D eigenvalue weighted by Crippen LogP contribution is -2.30. The zero-order chi connectivity index (χ0) is 11.6. The van der Waals surface area contributed by atoms with Crippen molar-refractivity contribution in [3.05, 3.63) is 0 Å². The van der Waals surface area contributed by atoms with E-state index in [0.29, 0.717) is 6.42 Å². The van der Waals surface area contributed by atoms with Gasteiger partial charge < -0.3 is 10.8 Å². The first-order valence-electron chi connectivity index (χ1n) is 5.34. The Balaban J connectivity index is 0. The number of carboxylic acid groups (broad SMARTS) is 1. The summed E-state index contributed by atoms with van der Waals surface area (Å²) in [7, 11) is 0. The fourth-order valence-corrected chi connectivity index (χ4v) is 0.526. The van der Waals surface area contributed by atoms with Crippen molar-refractivity contribution < 1.29 is 9.90 Å². The Labute approximate surface area is 87.7 Å². The predicted octanol–water partition coefficient (Wildman–Crippen LogP) is 2.79. The molecular weight excluding hydrogens is 178 g/mol. The summed E-state index contributed by atoms with van der Waals surface area (Å²) in [6.07, 6.45) is 4.33. The summed E-state index contributed by atoms with van der Waals surface area (Å²) in [6, 6.07) is 0. The standard InChI is InChI=1S/C6H12O2.C5H13N/c1-2-3-4-5-6(7)8;1-4-5(2,3)6/h2-5H2,1H3,(H,7,8);4,6H2,1-3H3. The normalized spacial score (nSPS) is 10.4. The number of hydrogen-bond donors (Lipinski definition) is 2. The molecular formula is C11H25NO2. The molecule has 0 unspecified atom stereocenters. The molecule has 3 N–H and O–H groups in total. The van der Waals surface area contributed by atoms with Crippen molar-refractivity contribution in [2.24, 2.45) is 5.73 Å². The Morgan fingerprint density at radius 1 is 1.29 bits per heavy atom. The molecule has 0 rings (SSSR count). The lowest BCUT2D eigenvalue weighted by molar-refractivity contribution is -0.137. The van der Waals surface area contributed by atoms with E-state index in [1.807, 2.05) is 13.8 Å². The molecule has 86 valence electrons. The van der Waals surface area contributed by atoms with Gasteiger partial charge in [0, 0.05) is 12.0 Å². The van der Waals surface area contributed by atoms with Crippen molar-refractivity contribution in [2.45, 2.75) is 65.3 Å². The maximum Gasteiger partial charge on any atom is 0.303 e. The predicted molar refractivity (Wildman–Crippen MR) is 60.3 cm³/mol. The van der Waals surface area contributed by atoms with Crippen LogP contribution >= 0.6 is 0 Å². The number of carboxylic acids is 1. The number of unbranched alkanes of at least 4 members (excludes halogenated alkanes) is 2. The van der Waals surface area contributed by atoms with Gasteiger partial charge in [0.05, 0.1) is 0 Å². The smallest absolute Gasteiger partial charge is 0.303 e. The first-order chi connectivity index (χ1) is 6.33. The van der Waals surface area contributed by atoms with Crippen LogP contribution in [0.4, 0.5) is 0 Å². The van der Waals surface area contributed by atoms with Gasteiger partial charge in [0.2, 0.25) is 0 Å². The van der Waals surface area contributed by atoms with Gasteiger partial charge in [-0.3, -0.25) is 4.79 Å². The zero-order valence-corrected chi connectivity index (χ0v) is 9.97. The minimum absolute atomic E-state index is 0.0417. The number of aliphatic carboxylic acids is 1. The molecule has 3 heteroatoms. The molecule has 0 fully saturated rings. The van der Waals surface area contributed by atoms with E-state index in [2.05, 4.69) is 13.8 Å². The third kappa shape index (κ3) is 22.5. The van der Waals surface area contributed by atoms with E-state index in [4.69, 9.17) is 10.8 Å². The molecule has 0 bridgehead atoms. The van der Waals surface area contributed by atoms with Crippen molar-refractivity contribution in [1.29, 1.82) is 0 Å². The summed E-state index contributed by atoms with van der Waals surface area (Å²) >= 11 is 0. The molecule has 0 aromatic rings. The maximum absolute atomic E-state index is 9.87. The second-order valence-corrected chi connectivity index (χ2v) is 4.19. The Morgan fingerprint density at radius 2 is 1.71 bits per heavy atom. The molecule has 0 atom stereocenters. The quantitative estimate of drug-likeness (QED) is 0.675. The van der Waals surface area contributed by atoms with E-state index in [9.17, 15) is 4.79 Å². The average molecular weight is 203 g/mol. The third-order valence-electron chi connectivity index (χ3n) is 1.91. The number of carbonyl (C=O) groups is 1. The van der Waals surface area contributed by atoms with Crippen molar-refractivity contribution >= 4 is 5.97 Å². The lowest BCUT2D eigenvalue weighted by Gasteiger charge is -2.13. The van der Waals surface area contributed by atoms with Crippen LogP contribution in [0.25, 0.3) is 0 Å². The van der Waals surface area contributed by atoms with Crippen molar-refractivity contribution in [3.63, 3.8) is 0 Å². The molecule has 0 aromatic heterocycles. The van der Waals surface area contributed by atoms with Crippen LogP contribution < -0.4 is 5.73 Å². The second-order valence-electron chi connectivity index (χ2n) is 4.19. The van der Waals surface area contributed by atoms with Crippen LogP contribution in [0.5, 0.6) is 0 Å². The monoisotopic (exact) mass is 203 g/mol. The van der Waals surface area contributed by atoms with Gasteiger partial charge in [-0.05, 0) is 26.7 Å². The minimum Gasteiger partial charge on any atom is -0.481 e. The highest BCUT2D eigenvalue weighted by molar-refractivity contribution is 5.66. The van der Waals surface area contributed by atoms with E-state index in [1.54, 1.807) is 0 Å². The summed E-state index contributed by atoms with van der Waals surface area (Å²) in [5.74, 6) is -0.682. The molecule has 0 amide bonds. The van der Waals surface area contributed by atoms with E-state index in [1.165, 1.54) is 0 Å². The highest BCUT2D eigenvalue weighted by atomic mass is 16.4. The van der Waals surface area contributed by atoms with Crippen LogP contribution in [-0.2, 0) is 4.79 Å². The molecule has 0 aromatic carbocycles. The van der Waals surface area contributed by atoms with Gasteiger partial charge in [0.1, 0.15) is 0 Å². The molecule has 0 saturated carbocycles. The third-order valence-corrected chi connectivity index (χ3v) is 1.91. The summed E-state index contributed by atoms with van der Waals surface area (Å²) in [5, 5.41) is 8.14. The van der Waals surface area contributed by atoms with Crippen molar-refractivity contribution in [1.82, 2.24) is 0 Å². The highest BCUT2D eigenvalue weighted by Crippen LogP contribution is 1.99.